The van der Waals surface area contributed by atoms with Crippen molar-refractivity contribution in [2.75, 3.05) is 13.7 Å². The molecule has 1 heterocycles. The fourth-order valence-corrected chi connectivity index (χ4v) is 2.26. The van der Waals surface area contributed by atoms with E-state index in [2.05, 4.69) is 10.2 Å². The molecule has 140 valence electrons. The highest BCUT2D eigenvalue weighted by Crippen LogP contribution is 2.29. The van der Waals surface area contributed by atoms with Crippen LogP contribution < -0.4 is 14.8 Å². The van der Waals surface area contributed by atoms with Crippen LogP contribution in [0.5, 0.6) is 11.5 Å². The van der Waals surface area contributed by atoms with E-state index >= 15 is 0 Å². The van der Waals surface area contributed by atoms with Gasteiger partial charge in [0.25, 0.3) is 11.8 Å². The molecule has 0 bridgehead atoms. The minimum atomic E-state index is -1.21. The lowest BCUT2D eigenvalue weighted by Crippen LogP contribution is -2.33. The molecule has 0 radical (unpaired) electrons. The maximum Gasteiger partial charge on any atom is 0.539 e. The van der Waals surface area contributed by atoms with E-state index in [9.17, 15) is 19.2 Å². The summed E-state index contributed by atoms with van der Waals surface area (Å²) < 4.78 is 10.2. The second-order valence-electron chi connectivity index (χ2n) is 5.46. The standard InChI is InChI=1S/C17H20N2O7/c1-3-14(20)18-9-8-11-4-5-12(13(10-11)24-2)25-17(23)26-19-15(21)6-7-16(19)22/h4-5,10H,3,6-9H2,1-2H3,(H,18,20). The molecule has 0 aromatic heterocycles. The number of hydroxylamine groups is 2. The van der Waals surface area contributed by atoms with Crippen LogP contribution in [-0.4, -0.2) is 42.6 Å². The number of amides is 3. The Labute approximate surface area is 150 Å². The topological polar surface area (TPSA) is 111 Å². The Bertz CT molecular complexity index is 701. The van der Waals surface area contributed by atoms with Gasteiger partial charge in [0.15, 0.2) is 11.5 Å². The van der Waals surface area contributed by atoms with E-state index in [1.165, 1.54) is 13.2 Å². The van der Waals surface area contributed by atoms with Gasteiger partial charge in [-0.2, -0.15) is 0 Å². The number of hydrogen-bond donors (Lipinski definition) is 1. The Morgan fingerprint density at radius 1 is 1.15 bits per heavy atom. The number of carbonyl (C=O) groups is 4. The number of benzene rings is 1. The van der Waals surface area contributed by atoms with Gasteiger partial charge in [0.05, 0.1) is 7.11 Å². The smallest absolute Gasteiger partial charge is 0.493 e. The molecule has 1 aromatic carbocycles. The summed E-state index contributed by atoms with van der Waals surface area (Å²) in [6.07, 6.45) is -0.226. The highest BCUT2D eigenvalue weighted by Gasteiger charge is 2.33. The minimum Gasteiger partial charge on any atom is -0.493 e. The molecule has 0 unspecified atom stereocenters. The zero-order valence-electron chi connectivity index (χ0n) is 14.6. The van der Waals surface area contributed by atoms with Crippen LogP contribution in [0.25, 0.3) is 0 Å². The molecule has 1 fully saturated rings. The molecular formula is C17H20N2O7. The van der Waals surface area contributed by atoms with Gasteiger partial charge in [0.1, 0.15) is 0 Å². The Kier molecular flexibility index (Phi) is 6.54. The lowest BCUT2D eigenvalue weighted by atomic mass is 10.1. The summed E-state index contributed by atoms with van der Waals surface area (Å²) in [6, 6.07) is 4.87. The minimum absolute atomic E-state index is 0.00129. The normalized spacial score (nSPS) is 13.5. The lowest BCUT2D eigenvalue weighted by Gasteiger charge is -2.14. The molecule has 0 saturated carbocycles. The summed E-state index contributed by atoms with van der Waals surface area (Å²) in [7, 11) is 1.41. The number of methoxy groups -OCH3 is 1. The van der Waals surface area contributed by atoms with Crippen LogP contribution in [0.15, 0.2) is 18.2 Å². The van der Waals surface area contributed by atoms with Crippen LogP contribution in [0.4, 0.5) is 4.79 Å². The van der Waals surface area contributed by atoms with Crippen LogP contribution >= 0.6 is 0 Å². The van der Waals surface area contributed by atoms with Crippen molar-refractivity contribution < 1.29 is 33.5 Å². The first-order chi connectivity index (χ1) is 12.4. The van der Waals surface area contributed by atoms with Gasteiger partial charge in [-0.05, 0) is 24.1 Å². The zero-order chi connectivity index (χ0) is 19.1. The van der Waals surface area contributed by atoms with E-state index in [1.54, 1.807) is 19.1 Å². The second-order valence-corrected chi connectivity index (χ2v) is 5.46. The van der Waals surface area contributed by atoms with E-state index in [-0.39, 0.29) is 30.2 Å². The van der Waals surface area contributed by atoms with Crippen molar-refractivity contribution in [3.05, 3.63) is 23.8 Å². The number of imide groups is 1. The molecule has 26 heavy (non-hydrogen) atoms. The Morgan fingerprint density at radius 2 is 1.85 bits per heavy atom. The van der Waals surface area contributed by atoms with E-state index in [0.717, 1.165) is 5.56 Å². The maximum atomic E-state index is 11.8. The molecule has 1 aliphatic heterocycles. The van der Waals surface area contributed by atoms with Crippen LogP contribution in [0.3, 0.4) is 0 Å². The quantitative estimate of drug-likeness (QED) is 0.441. The third kappa shape index (κ3) is 4.95. The zero-order valence-corrected chi connectivity index (χ0v) is 14.6. The first-order valence-corrected chi connectivity index (χ1v) is 8.13. The molecule has 0 spiro atoms. The van der Waals surface area contributed by atoms with Gasteiger partial charge in [-0.25, -0.2) is 4.79 Å². The van der Waals surface area contributed by atoms with Crippen molar-refractivity contribution in [3.8, 4) is 11.5 Å². The summed E-state index contributed by atoms with van der Waals surface area (Å²) in [6.45, 7) is 2.24. The molecule has 0 atom stereocenters. The Balaban J connectivity index is 1.96. The molecule has 1 saturated heterocycles. The predicted molar refractivity (Wildman–Crippen MR) is 88.2 cm³/mol. The Hall–Kier alpha value is -3.10. The molecular weight excluding hydrogens is 344 g/mol. The number of nitrogens with one attached hydrogen (secondary N) is 1. The van der Waals surface area contributed by atoms with Gasteiger partial charge < -0.3 is 14.8 Å². The van der Waals surface area contributed by atoms with Crippen molar-refractivity contribution in [3.63, 3.8) is 0 Å². The number of rotatable bonds is 7. The summed E-state index contributed by atoms with van der Waals surface area (Å²) in [5.41, 5.74) is 0.865. The van der Waals surface area contributed by atoms with Crippen LogP contribution in [0, 0.1) is 0 Å². The average molecular weight is 364 g/mol. The van der Waals surface area contributed by atoms with Crippen molar-refractivity contribution in [2.45, 2.75) is 32.6 Å². The summed E-state index contributed by atoms with van der Waals surface area (Å²) in [5, 5.41) is 3.16. The van der Waals surface area contributed by atoms with Crippen LogP contribution in [0.1, 0.15) is 31.7 Å². The highest BCUT2D eigenvalue weighted by atomic mass is 16.8. The van der Waals surface area contributed by atoms with Crippen LogP contribution in [-0.2, 0) is 25.6 Å². The third-order valence-corrected chi connectivity index (χ3v) is 3.65. The fraction of sp³-hybridized carbons (Fsp3) is 0.412. The molecule has 1 N–H and O–H groups in total. The molecule has 9 nitrogen and oxygen atoms in total. The van der Waals surface area contributed by atoms with E-state index in [1.807, 2.05) is 0 Å². The van der Waals surface area contributed by atoms with Gasteiger partial charge in [-0.15, -0.1) is 0 Å². The molecule has 3 amide bonds. The van der Waals surface area contributed by atoms with E-state index in [0.29, 0.717) is 24.4 Å². The van der Waals surface area contributed by atoms with Gasteiger partial charge in [-0.1, -0.05) is 18.1 Å². The van der Waals surface area contributed by atoms with Crippen molar-refractivity contribution in [1.82, 2.24) is 10.4 Å². The first-order valence-electron chi connectivity index (χ1n) is 8.13. The Morgan fingerprint density at radius 3 is 2.46 bits per heavy atom. The van der Waals surface area contributed by atoms with Gasteiger partial charge in [-0.3, -0.25) is 19.2 Å². The third-order valence-electron chi connectivity index (χ3n) is 3.65. The van der Waals surface area contributed by atoms with Crippen molar-refractivity contribution >= 4 is 23.9 Å². The maximum absolute atomic E-state index is 11.8. The number of carbonyl (C=O) groups excluding carboxylic acids is 4. The number of ether oxygens (including phenoxy) is 2. The number of hydrogen-bond acceptors (Lipinski definition) is 7. The highest BCUT2D eigenvalue weighted by molar-refractivity contribution is 6.01. The monoisotopic (exact) mass is 364 g/mol. The largest absolute Gasteiger partial charge is 0.539 e. The molecule has 1 aromatic rings. The molecule has 2 rings (SSSR count). The van der Waals surface area contributed by atoms with E-state index in [4.69, 9.17) is 9.47 Å². The molecule has 1 aliphatic rings. The van der Waals surface area contributed by atoms with Crippen LogP contribution in [0.2, 0.25) is 0 Å². The lowest BCUT2D eigenvalue weighted by molar-refractivity contribution is -0.174. The van der Waals surface area contributed by atoms with Gasteiger partial charge >= 0.3 is 6.16 Å². The summed E-state index contributed by atoms with van der Waals surface area (Å²) in [5.74, 6) is -0.865. The summed E-state index contributed by atoms with van der Waals surface area (Å²) in [4.78, 5) is 50.5. The van der Waals surface area contributed by atoms with Gasteiger partial charge in [0.2, 0.25) is 5.91 Å². The molecule has 0 aliphatic carbocycles. The average Bonchev–Trinajstić information content (AvgIpc) is 2.94. The van der Waals surface area contributed by atoms with Gasteiger partial charge in [0, 0.05) is 25.8 Å². The summed E-state index contributed by atoms with van der Waals surface area (Å²) >= 11 is 0. The predicted octanol–water partition coefficient (Wildman–Crippen LogP) is 1.34. The fourth-order valence-electron chi connectivity index (χ4n) is 2.26. The van der Waals surface area contributed by atoms with Crippen molar-refractivity contribution in [2.24, 2.45) is 0 Å². The molecule has 9 heteroatoms. The SMILES string of the molecule is CCC(=O)NCCc1ccc(OC(=O)ON2C(=O)CCC2=O)c(OC)c1. The van der Waals surface area contributed by atoms with E-state index < -0.39 is 18.0 Å². The second kappa shape index (κ2) is 8.84. The first kappa shape index (κ1) is 19.2. The number of nitrogens with zero attached hydrogens (tertiary/aromatic N) is 1. The van der Waals surface area contributed by atoms with Crippen molar-refractivity contribution in [1.29, 1.82) is 0 Å².